The minimum atomic E-state index is 0.0547. The number of hydrogen-bond acceptors (Lipinski definition) is 3. The summed E-state index contributed by atoms with van der Waals surface area (Å²) >= 11 is 0. The first-order chi connectivity index (χ1) is 7.65. The van der Waals surface area contributed by atoms with Crippen LogP contribution in [0.1, 0.15) is 26.2 Å². The van der Waals surface area contributed by atoms with Crippen LogP contribution in [0.25, 0.3) is 0 Å². The van der Waals surface area contributed by atoms with Gasteiger partial charge in [-0.25, -0.2) is 0 Å². The molecular weight excluding hydrogens is 208 g/mol. The minimum absolute atomic E-state index is 0.0547. The molecule has 1 N–H and O–H groups in total. The molecule has 0 aliphatic carbocycles. The number of aliphatic hydroxyl groups excluding tert-OH is 1. The van der Waals surface area contributed by atoms with Gasteiger partial charge in [-0.1, -0.05) is 0 Å². The third kappa shape index (κ3) is 3.81. The maximum Gasteiger partial charge on any atom is 0.222 e. The van der Waals surface area contributed by atoms with E-state index in [0.717, 1.165) is 13.0 Å². The highest BCUT2D eigenvalue weighted by Gasteiger charge is 2.19. The Kier molecular flexibility index (Phi) is 5.25. The molecule has 1 fully saturated rings. The number of carbonyl (C=O) groups excluding carboxylic acids is 2. The predicted molar refractivity (Wildman–Crippen MR) is 59.8 cm³/mol. The molecule has 2 amide bonds. The fourth-order valence-electron chi connectivity index (χ4n) is 1.87. The summed E-state index contributed by atoms with van der Waals surface area (Å²) in [4.78, 5) is 26.5. The Morgan fingerprint density at radius 2 is 1.75 bits per heavy atom. The van der Waals surface area contributed by atoms with Crippen LogP contribution < -0.4 is 0 Å². The van der Waals surface area contributed by atoms with E-state index in [1.54, 1.807) is 16.7 Å². The molecule has 0 radical (unpaired) electrons. The van der Waals surface area contributed by atoms with Crippen molar-refractivity contribution in [1.82, 2.24) is 9.80 Å². The van der Waals surface area contributed by atoms with Gasteiger partial charge in [0.1, 0.15) is 0 Å². The fraction of sp³-hybridized carbons (Fsp3) is 0.818. The molecule has 1 aliphatic rings. The Morgan fingerprint density at radius 1 is 1.12 bits per heavy atom. The standard InChI is InChI=1S/C11H20N2O3/c1-10(15)12-5-3-6-13(8-7-12)11(16)4-2-9-14/h14H,2-9H2,1H3. The Labute approximate surface area is 96.0 Å². The third-order valence-corrected chi connectivity index (χ3v) is 2.84. The van der Waals surface area contributed by atoms with E-state index in [2.05, 4.69) is 0 Å². The zero-order valence-corrected chi connectivity index (χ0v) is 9.81. The van der Waals surface area contributed by atoms with Crippen molar-refractivity contribution >= 4 is 11.8 Å². The SMILES string of the molecule is CC(=O)N1CCCN(C(=O)CCCO)CC1. The highest BCUT2D eigenvalue weighted by Crippen LogP contribution is 2.06. The lowest BCUT2D eigenvalue weighted by atomic mass is 10.2. The van der Waals surface area contributed by atoms with Gasteiger partial charge in [-0.2, -0.15) is 0 Å². The van der Waals surface area contributed by atoms with Crippen LogP contribution in [0.5, 0.6) is 0 Å². The van der Waals surface area contributed by atoms with Crippen LogP contribution in [-0.2, 0) is 9.59 Å². The predicted octanol–water partition coefficient (Wildman–Crippen LogP) is -0.160. The quantitative estimate of drug-likeness (QED) is 0.730. The number of amides is 2. The molecule has 5 nitrogen and oxygen atoms in total. The first-order valence-corrected chi connectivity index (χ1v) is 5.79. The van der Waals surface area contributed by atoms with Gasteiger partial charge in [0, 0.05) is 46.1 Å². The zero-order valence-electron chi connectivity index (χ0n) is 9.81. The largest absolute Gasteiger partial charge is 0.396 e. The van der Waals surface area contributed by atoms with Crippen molar-refractivity contribution in [2.24, 2.45) is 0 Å². The van der Waals surface area contributed by atoms with Gasteiger partial charge in [0.05, 0.1) is 0 Å². The van der Waals surface area contributed by atoms with E-state index in [9.17, 15) is 9.59 Å². The number of carbonyl (C=O) groups is 2. The molecule has 1 saturated heterocycles. The van der Waals surface area contributed by atoms with Crippen LogP contribution in [0.4, 0.5) is 0 Å². The molecule has 1 aliphatic heterocycles. The molecule has 5 heteroatoms. The maximum absolute atomic E-state index is 11.7. The van der Waals surface area contributed by atoms with E-state index >= 15 is 0 Å². The van der Waals surface area contributed by atoms with Gasteiger partial charge in [-0.05, 0) is 12.8 Å². The van der Waals surface area contributed by atoms with Crippen molar-refractivity contribution in [3.05, 3.63) is 0 Å². The van der Waals surface area contributed by atoms with Gasteiger partial charge in [-0.15, -0.1) is 0 Å². The Bertz CT molecular complexity index is 256. The average Bonchev–Trinajstić information content (AvgIpc) is 2.51. The minimum Gasteiger partial charge on any atom is -0.396 e. The summed E-state index contributed by atoms with van der Waals surface area (Å²) in [5.74, 6) is 0.157. The maximum atomic E-state index is 11.7. The third-order valence-electron chi connectivity index (χ3n) is 2.84. The molecule has 0 aromatic carbocycles. The van der Waals surface area contributed by atoms with E-state index in [1.807, 2.05) is 0 Å². The first kappa shape index (κ1) is 13.0. The van der Waals surface area contributed by atoms with Crippen molar-refractivity contribution in [3.63, 3.8) is 0 Å². The highest BCUT2D eigenvalue weighted by molar-refractivity contribution is 5.76. The molecule has 0 aromatic heterocycles. The van der Waals surface area contributed by atoms with Crippen LogP contribution in [0, 0.1) is 0 Å². The Hall–Kier alpha value is -1.10. The van der Waals surface area contributed by atoms with E-state index in [1.165, 1.54) is 0 Å². The van der Waals surface area contributed by atoms with Crippen molar-refractivity contribution in [3.8, 4) is 0 Å². The number of aliphatic hydroxyl groups is 1. The first-order valence-electron chi connectivity index (χ1n) is 5.79. The van der Waals surface area contributed by atoms with Gasteiger partial charge in [0.2, 0.25) is 11.8 Å². The molecule has 0 atom stereocenters. The summed E-state index contributed by atoms with van der Waals surface area (Å²) in [5, 5.41) is 8.66. The summed E-state index contributed by atoms with van der Waals surface area (Å²) in [6.07, 6.45) is 1.76. The molecule has 0 bridgehead atoms. The summed E-state index contributed by atoms with van der Waals surface area (Å²) in [6.45, 7) is 4.31. The summed E-state index contributed by atoms with van der Waals surface area (Å²) in [6, 6.07) is 0. The van der Waals surface area contributed by atoms with Crippen LogP contribution >= 0.6 is 0 Å². The molecule has 0 saturated carbocycles. The lowest BCUT2D eigenvalue weighted by Gasteiger charge is -2.21. The van der Waals surface area contributed by atoms with Gasteiger partial charge < -0.3 is 14.9 Å². The molecule has 92 valence electrons. The second kappa shape index (κ2) is 6.48. The van der Waals surface area contributed by atoms with Crippen LogP contribution in [0.15, 0.2) is 0 Å². The molecule has 0 unspecified atom stereocenters. The second-order valence-electron chi connectivity index (χ2n) is 4.07. The van der Waals surface area contributed by atoms with Crippen molar-refractivity contribution in [2.75, 3.05) is 32.8 Å². The van der Waals surface area contributed by atoms with Crippen molar-refractivity contribution in [2.45, 2.75) is 26.2 Å². The Balaban J connectivity index is 2.40. The zero-order chi connectivity index (χ0) is 12.0. The number of hydrogen-bond donors (Lipinski definition) is 1. The summed E-state index contributed by atoms with van der Waals surface area (Å²) in [5.41, 5.74) is 0. The molecule has 16 heavy (non-hydrogen) atoms. The van der Waals surface area contributed by atoms with Crippen molar-refractivity contribution in [1.29, 1.82) is 0 Å². The summed E-state index contributed by atoms with van der Waals surface area (Å²) in [7, 11) is 0. The molecular formula is C11H20N2O3. The smallest absolute Gasteiger partial charge is 0.222 e. The average molecular weight is 228 g/mol. The van der Waals surface area contributed by atoms with Gasteiger partial charge in [0.25, 0.3) is 0 Å². The molecule has 1 rings (SSSR count). The van der Waals surface area contributed by atoms with Gasteiger partial charge >= 0.3 is 0 Å². The van der Waals surface area contributed by atoms with Gasteiger partial charge in [0.15, 0.2) is 0 Å². The van der Waals surface area contributed by atoms with Crippen LogP contribution in [-0.4, -0.2) is 59.5 Å². The Morgan fingerprint density at radius 3 is 2.38 bits per heavy atom. The second-order valence-corrected chi connectivity index (χ2v) is 4.07. The van der Waals surface area contributed by atoms with Crippen LogP contribution in [0.3, 0.4) is 0 Å². The van der Waals surface area contributed by atoms with Crippen LogP contribution in [0.2, 0.25) is 0 Å². The summed E-state index contributed by atoms with van der Waals surface area (Å²) < 4.78 is 0. The lowest BCUT2D eigenvalue weighted by molar-refractivity contribution is -0.132. The van der Waals surface area contributed by atoms with Crippen molar-refractivity contribution < 1.29 is 14.7 Å². The highest BCUT2D eigenvalue weighted by atomic mass is 16.3. The monoisotopic (exact) mass is 228 g/mol. The van der Waals surface area contributed by atoms with E-state index in [4.69, 9.17) is 5.11 Å². The number of nitrogens with zero attached hydrogens (tertiary/aromatic N) is 2. The molecule has 1 heterocycles. The molecule has 0 spiro atoms. The fourth-order valence-corrected chi connectivity index (χ4v) is 1.87. The topological polar surface area (TPSA) is 60.9 Å². The number of rotatable bonds is 3. The van der Waals surface area contributed by atoms with Gasteiger partial charge in [-0.3, -0.25) is 9.59 Å². The van der Waals surface area contributed by atoms with E-state index < -0.39 is 0 Å². The molecule has 0 aromatic rings. The van der Waals surface area contributed by atoms with E-state index in [-0.39, 0.29) is 18.4 Å². The lowest BCUT2D eigenvalue weighted by Crippen LogP contribution is -2.36. The normalized spacial score (nSPS) is 17.1. The van der Waals surface area contributed by atoms with E-state index in [0.29, 0.717) is 32.5 Å².